The molecule has 1 N–H and O–H groups in total. The van der Waals surface area contributed by atoms with Crippen LogP contribution in [0.5, 0.6) is 5.75 Å². The maximum atomic E-state index is 11.5. The second-order valence-corrected chi connectivity index (χ2v) is 5.10. The Labute approximate surface area is 130 Å². The lowest BCUT2D eigenvalue weighted by molar-refractivity contribution is -0.123. The van der Waals surface area contributed by atoms with E-state index in [1.807, 2.05) is 37.3 Å². The number of furan rings is 1. The van der Waals surface area contributed by atoms with Gasteiger partial charge in [-0.05, 0) is 53.8 Å². The quantitative estimate of drug-likeness (QED) is 0.490. The Hall–Kier alpha value is -1.83. The van der Waals surface area contributed by atoms with E-state index in [1.54, 1.807) is 6.07 Å². The fraction of sp³-hybridized carbons (Fsp3) is 0.143. The van der Waals surface area contributed by atoms with E-state index in [4.69, 9.17) is 9.15 Å². The minimum absolute atomic E-state index is 0.0872. The molecule has 6 heteroatoms. The van der Waals surface area contributed by atoms with Crippen LogP contribution in [-0.2, 0) is 4.79 Å². The van der Waals surface area contributed by atoms with Crippen molar-refractivity contribution in [3.63, 3.8) is 0 Å². The highest BCUT2D eigenvalue weighted by Crippen LogP contribution is 2.11. The van der Waals surface area contributed by atoms with E-state index in [2.05, 4.69) is 33.1 Å². The van der Waals surface area contributed by atoms with Gasteiger partial charge < -0.3 is 9.15 Å². The van der Waals surface area contributed by atoms with Crippen molar-refractivity contribution in [2.24, 2.45) is 5.10 Å². The minimum Gasteiger partial charge on any atom is -0.484 e. The van der Waals surface area contributed by atoms with Crippen molar-refractivity contribution in [3.8, 4) is 5.75 Å². The lowest BCUT2D eigenvalue weighted by atomic mass is 10.2. The van der Waals surface area contributed by atoms with Gasteiger partial charge in [0.2, 0.25) is 0 Å². The summed E-state index contributed by atoms with van der Waals surface area (Å²) in [5, 5.41) is 3.78. The normalized spacial score (nSPS) is 10.7. The molecule has 1 heterocycles. The predicted molar refractivity (Wildman–Crippen MR) is 83.8 cm³/mol. The molecule has 0 aliphatic carbocycles. The summed E-state index contributed by atoms with van der Waals surface area (Å²) < 4.78 is 11.3. The number of halogens is 1. The van der Waals surface area contributed by atoms with Crippen molar-refractivity contribution in [2.75, 3.05) is 6.61 Å². The molecule has 0 spiro atoms. The highest BCUT2D eigenvalue weighted by molar-refractivity contribution is 14.1. The Balaban J connectivity index is 1.75. The summed E-state index contributed by atoms with van der Waals surface area (Å²) in [4.78, 5) is 11.5. The van der Waals surface area contributed by atoms with Crippen LogP contribution in [0.15, 0.2) is 45.9 Å². The molecule has 0 aliphatic heterocycles. The van der Waals surface area contributed by atoms with Gasteiger partial charge in [-0.25, -0.2) is 5.43 Å². The number of nitrogens with one attached hydrogen (secondary N) is 1. The zero-order valence-corrected chi connectivity index (χ0v) is 13.0. The van der Waals surface area contributed by atoms with Crippen LogP contribution in [0.1, 0.15) is 11.3 Å². The van der Waals surface area contributed by atoms with Crippen LogP contribution in [0, 0.1) is 10.7 Å². The summed E-state index contributed by atoms with van der Waals surface area (Å²) in [6.45, 7) is 1.90. The zero-order chi connectivity index (χ0) is 14.4. The summed E-state index contributed by atoms with van der Waals surface area (Å²) in [5.74, 6) is 0.896. The Morgan fingerprint density at radius 1 is 1.35 bits per heavy atom. The van der Waals surface area contributed by atoms with Crippen molar-refractivity contribution in [1.82, 2.24) is 5.43 Å². The fourth-order valence-corrected chi connectivity index (χ4v) is 1.82. The Morgan fingerprint density at radius 2 is 2.10 bits per heavy atom. The summed E-state index contributed by atoms with van der Waals surface area (Å²) in [6.07, 6.45) is 1.44. The summed E-state index contributed by atoms with van der Waals surface area (Å²) >= 11 is 2.05. The second-order valence-electron chi connectivity index (χ2n) is 4.04. The third-order valence-electron chi connectivity index (χ3n) is 2.37. The maximum absolute atomic E-state index is 11.5. The van der Waals surface area contributed by atoms with Crippen LogP contribution in [0.25, 0.3) is 0 Å². The number of hydrogen-bond acceptors (Lipinski definition) is 4. The van der Waals surface area contributed by atoms with E-state index in [0.29, 0.717) is 11.5 Å². The van der Waals surface area contributed by atoms with E-state index in [-0.39, 0.29) is 12.5 Å². The van der Waals surface area contributed by atoms with Crippen molar-refractivity contribution in [3.05, 3.63) is 51.5 Å². The Kier molecular flexibility index (Phi) is 5.16. The molecule has 5 nitrogen and oxygen atoms in total. The molecule has 2 aromatic rings. The number of nitrogens with zero attached hydrogens (tertiary/aromatic N) is 1. The Bertz CT molecular complexity index is 605. The van der Waals surface area contributed by atoms with Crippen molar-refractivity contribution in [2.45, 2.75) is 6.92 Å². The molecular weight excluding hydrogens is 371 g/mol. The molecule has 0 fully saturated rings. The lowest BCUT2D eigenvalue weighted by Gasteiger charge is -2.04. The standard InChI is InChI=1S/C14H13IN2O3/c1-10-2-4-11(5-3-10)19-9-14(18)17-16-8-12-6-7-13(15)20-12/h2-8H,9H2,1H3,(H,17,18). The number of rotatable bonds is 5. The molecular formula is C14H13IN2O3. The third kappa shape index (κ3) is 4.69. The molecule has 1 amide bonds. The first kappa shape index (κ1) is 14.6. The van der Waals surface area contributed by atoms with Crippen molar-refractivity contribution < 1.29 is 13.9 Å². The molecule has 0 saturated carbocycles. The monoisotopic (exact) mass is 384 g/mol. The van der Waals surface area contributed by atoms with Gasteiger partial charge >= 0.3 is 0 Å². The minimum atomic E-state index is -0.330. The highest BCUT2D eigenvalue weighted by atomic mass is 127. The smallest absolute Gasteiger partial charge is 0.277 e. The van der Waals surface area contributed by atoms with Gasteiger partial charge in [0.05, 0.1) is 6.21 Å². The number of carbonyl (C=O) groups excluding carboxylic acids is 1. The summed E-state index contributed by atoms with van der Waals surface area (Å²) in [5.41, 5.74) is 3.50. The maximum Gasteiger partial charge on any atom is 0.277 e. The number of ether oxygens (including phenoxy) is 1. The van der Waals surface area contributed by atoms with Crippen LogP contribution in [0.3, 0.4) is 0 Å². The number of hydrogen-bond donors (Lipinski definition) is 1. The average Bonchev–Trinajstić information content (AvgIpc) is 2.84. The summed E-state index contributed by atoms with van der Waals surface area (Å²) in [7, 11) is 0. The van der Waals surface area contributed by atoms with Gasteiger partial charge in [0.15, 0.2) is 10.4 Å². The largest absolute Gasteiger partial charge is 0.484 e. The first-order valence-electron chi connectivity index (χ1n) is 5.90. The molecule has 2 rings (SSSR count). The van der Waals surface area contributed by atoms with Gasteiger partial charge in [-0.2, -0.15) is 5.10 Å². The molecule has 1 aromatic carbocycles. The van der Waals surface area contributed by atoms with E-state index < -0.39 is 0 Å². The number of aryl methyl sites for hydroxylation is 1. The van der Waals surface area contributed by atoms with Crippen LogP contribution in [0.2, 0.25) is 0 Å². The summed E-state index contributed by atoms with van der Waals surface area (Å²) in [6, 6.07) is 11.0. The second kappa shape index (κ2) is 7.09. The van der Waals surface area contributed by atoms with E-state index in [1.165, 1.54) is 6.21 Å². The molecule has 0 unspecified atom stereocenters. The Morgan fingerprint density at radius 3 is 2.75 bits per heavy atom. The molecule has 0 atom stereocenters. The molecule has 0 aliphatic rings. The zero-order valence-electron chi connectivity index (χ0n) is 10.8. The molecule has 20 heavy (non-hydrogen) atoms. The molecule has 0 bridgehead atoms. The van der Waals surface area contributed by atoms with Gasteiger partial charge in [-0.3, -0.25) is 4.79 Å². The molecule has 0 radical (unpaired) electrons. The van der Waals surface area contributed by atoms with Crippen LogP contribution < -0.4 is 10.2 Å². The van der Waals surface area contributed by atoms with E-state index >= 15 is 0 Å². The van der Waals surface area contributed by atoms with Crippen LogP contribution in [0.4, 0.5) is 0 Å². The SMILES string of the molecule is Cc1ccc(OCC(=O)NN=Cc2ccc(I)o2)cc1. The number of amides is 1. The molecule has 0 saturated heterocycles. The van der Waals surface area contributed by atoms with Gasteiger partial charge in [0.1, 0.15) is 11.5 Å². The van der Waals surface area contributed by atoms with Crippen molar-refractivity contribution >= 4 is 34.7 Å². The number of hydrazone groups is 1. The van der Waals surface area contributed by atoms with Gasteiger partial charge in [-0.15, -0.1) is 0 Å². The van der Waals surface area contributed by atoms with Gasteiger partial charge in [0.25, 0.3) is 5.91 Å². The topological polar surface area (TPSA) is 63.8 Å². The third-order valence-corrected chi connectivity index (χ3v) is 2.95. The van der Waals surface area contributed by atoms with Crippen LogP contribution in [-0.4, -0.2) is 18.7 Å². The van der Waals surface area contributed by atoms with E-state index in [9.17, 15) is 4.79 Å². The highest BCUT2D eigenvalue weighted by Gasteiger charge is 2.01. The van der Waals surface area contributed by atoms with Gasteiger partial charge in [0, 0.05) is 0 Å². The van der Waals surface area contributed by atoms with Gasteiger partial charge in [-0.1, -0.05) is 17.7 Å². The molecule has 104 valence electrons. The average molecular weight is 384 g/mol. The first-order chi connectivity index (χ1) is 9.63. The van der Waals surface area contributed by atoms with E-state index in [0.717, 1.165) is 9.33 Å². The lowest BCUT2D eigenvalue weighted by Crippen LogP contribution is -2.24. The number of carbonyl (C=O) groups is 1. The molecule has 1 aromatic heterocycles. The number of benzene rings is 1. The predicted octanol–water partition coefficient (Wildman–Crippen LogP) is 2.72. The van der Waals surface area contributed by atoms with Crippen molar-refractivity contribution in [1.29, 1.82) is 0 Å². The first-order valence-corrected chi connectivity index (χ1v) is 6.98. The fourth-order valence-electron chi connectivity index (χ4n) is 1.38. The van der Waals surface area contributed by atoms with Crippen LogP contribution >= 0.6 is 22.6 Å².